The lowest BCUT2D eigenvalue weighted by atomic mass is 10.1. The summed E-state index contributed by atoms with van der Waals surface area (Å²) in [5, 5.41) is 15.5. The molecule has 8 nitrogen and oxygen atoms in total. The van der Waals surface area contributed by atoms with Gasteiger partial charge in [-0.2, -0.15) is 5.10 Å². The zero-order valence-electron chi connectivity index (χ0n) is 17.2. The van der Waals surface area contributed by atoms with E-state index in [2.05, 4.69) is 5.10 Å². The Morgan fingerprint density at radius 3 is 2.58 bits per heavy atom. The number of hydrogen-bond acceptors (Lipinski definition) is 5. The number of carbonyl (C=O) groups excluding carboxylic acids is 1. The van der Waals surface area contributed by atoms with E-state index in [0.29, 0.717) is 18.7 Å². The summed E-state index contributed by atoms with van der Waals surface area (Å²) in [6.45, 7) is 0.720. The summed E-state index contributed by atoms with van der Waals surface area (Å²) in [4.78, 5) is 25.4. The van der Waals surface area contributed by atoms with E-state index >= 15 is 0 Å². The third-order valence-corrected chi connectivity index (χ3v) is 5.41. The van der Waals surface area contributed by atoms with Crippen molar-refractivity contribution in [2.24, 2.45) is 0 Å². The van der Waals surface area contributed by atoms with E-state index in [0.717, 1.165) is 23.4 Å². The number of para-hydroxylation sites is 1. The first kappa shape index (κ1) is 20.4. The molecule has 1 amide bonds. The topological polar surface area (TPSA) is 90.5 Å². The van der Waals surface area contributed by atoms with E-state index in [1.54, 1.807) is 27.9 Å². The Balaban J connectivity index is 1.39. The summed E-state index contributed by atoms with van der Waals surface area (Å²) in [5.74, 6) is -1.59. The lowest BCUT2D eigenvalue weighted by Crippen LogP contribution is -2.23. The van der Waals surface area contributed by atoms with Gasteiger partial charge in [-0.05, 0) is 41.5 Å². The Hall–Kier alpha value is -4.53. The van der Waals surface area contributed by atoms with Gasteiger partial charge < -0.3 is 9.64 Å². The number of rotatable bonds is 6. The molecule has 0 saturated heterocycles. The molecule has 4 aromatic rings. The maximum absolute atomic E-state index is 14.3. The molecule has 3 aromatic carbocycles. The molecule has 0 unspecified atom stereocenters. The Morgan fingerprint density at radius 2 is 1.85 bits per heavy atom. The summed E-state index contributed by atoms with van der Waals surface area (Å²) in [7, 11) is 0. The molecule has 0 radical (unpaired) electrons. The quantitative estimate of drug-likeness (QED) is 0.313. The molecule has 0 saturated carbocycles. The van der Waals surface area contributed by atoms with E-state index in [1.165, 1.54) is 12.1 Å². The Labute approximate surface area is 187 Å². The molecule has 0 atom stereocenters. The van der Waals surface area contributed by atoms with Gasteiger partial charge in [0.15, 0.2) is 5.82 Å². The van der Waals surface area contributed by atoms with Gasteiger partial charge in [0.25, 0.3) is 5.91 Å². The molecule has 0 bridgehead atoms. The number of aromatic nitrogens is 2. The number of benzene rings is 3. The van der Waals surface area contributed by atoms with Crippen LogP contribution in [0.5, 0.6) is 11.5 Å². The molecular formula is C24H17FN4O4. The third kappa shape index (κ3) is 3.80. The Bertz CT molecular complexity index is 1350. The fourth-order valence-corrected chi connectivity index (χ4v) is 3.85. The normalized spacial score (nSPS) is 12.6. The van der Waals surface area contributed by atoms with Gasteiger partial charge in [0.1, 0.15) is 5.75 Å². The number of ether oxygens (including phenoxy) is 1. The monoisotopic (exact) mass is 444 g/mol. The van der Waals surface area contributed by atoms with Crippen LogP contribution in [0, 0.1) is 15.9 Å². The van der Waals surface area contributed by atoms with Crippen LogP contribution in [-0.4, -0.2) is 25.5 Å². The lowest BCUT2D eigenvalue weighted by molar-refractivity contribution is -0.385. The molecule has 9 heteroatoms. The number of hydrogen-bond donors (Lipinski definition) is 0. The van der Waals surface area contributed by atoms with Crippen molar-refractivity contribution in [1.29, 1.82) is 0 Å². The maximum atomic E-state index is 14.3. The standard InChI is InChI=1S/C24H17FN4O4/c25-19-5-2-6-20(29(31)32)23(19)33-21-7-1-4-17-15-27(24(30)22(17)21)14-16-8-10-18(11-9-16)28-13-3-12-26-28/h1-13H,14-15H2. The Kier molecular flexibility index (Phi) is 5.06. The van der Waals surface area contributed by atoms with Crippen molar-refractivity contribution in [2.45, 2.75) is 13.1 Å². The van der Waals surface area contributed by atoms with Crippen LogP contribution in [0.15, 0.2) is 79.1 Å². The maximum Gasteiger partial charge on any atom is 0.314 e. The number of nitro benzene ring substituents is 1. The predicted molar refractivity (Wildman–Crippen MR) is 117 cm³/mol. The van der Waals surface area contributed by atoms with Crippen LogP contribution in [0.1, 0.15) is 21.5 Å². The summed E-state index contributed by atoms with van der Waals surface area (Å²) in [5.41, 5.74) is 2.32. The van der Waals surface area contributed by atoms with Gasteiger partial charge in [0, 0.05) is 31.5 Å². The second-order valence-corrected chi connectivity index (χ2v) is 7.52. The fourth-order valence-electron chi connectivity index (χ4n) is 3.85. The molecule has 33 heavy (non-hydrogen) atoms. The molecule has 0 spiro atoms. The van der Waals surface area contributed by atoms with Crippen molar-refractivity contribution in [2.75, 3.05) is 0 Å². The van der Waals surface area contributed by atoms with Crippen LogP contribution in [0.2, 0.25) is 0 Å². The van der Waals surface area contributed by atoms with Crippen LogP contribution >= 0.6 is 0 Å². The number of halogens is 1. The van der Waals surface area contributed by atoms with Gasteiger partial charge in [-0.1, -0.05) is 30.3 Å². The fraction of sp³-hybridized carbons (Fsp3) is 0.0833. The third-order valence-electron chi connectivity index (χ3n) is 5.41. The molecule has 164 valence electrons. The molecule has 0 N–H and O–H groups in total. The van der Waals surface area contributed by atoms with Crippen molar-refractivity contribution >= 4 is 11.6 Å². The van der Waals surface area contributed by atoms with E-state index < -0.39 is 22.2 Å². The highest BCUT2D eigenvalue weighted by Gasteiger charge is 2.32. The minimum absolute atomic E-state index is 0.0854. The number of nitro groups is 1. The number of carbonyl (C=O) groups is 1. The van der Waals surface area contributed by atoms with Gasteiger partial charge in [-0.25, -0.2) is 9.07 Å². The highest BCUT2D eigenvalue weighted by molar-refractivity contribution is 6.01. The van der Waals surface area contributed by atoms with Gasteiger partial charge >= 0.3 is 5.69 Å². The predicted octanol–water partition coefficient (Wildman–Crippen LogP) is 4.87. The van der Waals surface area contributed by atoms with Crippen LogP contribution in [-0.2, 0) is 13.1 Å². The average Bonchev–Trinajstić information content (AvgIpc) is 3.45. The van der Waals surface area contributed by atoms with Crippen LogP contribution in [0.3, 0.4) is 0 Å². The highest BCUT2D eigenvalue weighted by Crippen LogP contribution is 2.38. The molecule has 1 aliphatic heterocycles. The second kappa shape index (κ2) is 8.19. The average molecular weight is 444 g/mol. The zero-order valence-corrected chi connectivity index (χ0v) is 17.2. The molecule has 1 aliphatic rings. The molecule has 0 aliphatic carbocycles. The first-order valence-corrected chi connectivity index (χ1v) is 10.1. The molecule has 0 fully saturated rings. The summed E-state index contributed by atoms with van der Waals surface area (Å²) in [6.07, 6.45) is 3.54. The number of nitrogens with zero attached hydrogens (tertiary/aromatic N) is 4. The van der Waals surface area contributed by atoms with Gasteiger partial charge in [-0.15, -0.1) is 0 Å². The van der Waals surface area contributed by atoms with E-state index in [4.69, 9.17) is 4.74 Å². The van der Waals surface area contributed by atoms with Crippen LogP contribution in [0.4, 0.5) is 10.1 Å². The SMILES string of the molecule is O=C1c2c(cccc2Oc2c(F)cccc2[N+](=O)[O-])CN1Cc1ccc(-n2cccn2)cc1. The van der Waals surface area contributed by atoms with Gasteiger partial charge in [0.05, 0.1) is 16.2 Å². The minimum Gasteiger partial charge on any atom is -0.446 e. The largest absolute Gasteiger partial charge is 0.446 e. The van der Waals surface area contributed by atoms with Crippen molar-refractivity contribution in [3.63, 3.8) is 0 Å². The van der Waals surface area contributed by atoms with Crippen molar-refractivity contribution < 1.29 is 18.8 Å². The van der Waals surface area contributed by atoms with Crippen LogP contribution < -0.4 is 4.74 Å². The lowest BCUT2D eigenvalue weighted by Gasteiger charge is -2.16. The van der Waals surface area contributed by atoms with E-state index in [-0.39, 0.29) is 17.2 Å². The van der Waals surface area contributed by atoms with Crippen molar-refractivity contribution in [3.8, 4) is 17.2 Å². The highest BCUT2D eigenvalue weighted by atomic mass is 19.1. The zero-order chi connectivity index (χ0) is 22.9. The minimum atomic E-state index is -0.874. The summed E-state index contributed by atoms with van der Waals surface area (Å²) >= 11 is 0. The second-order valence-electron chi connectivity index (χ2n) is 7.52. The summed E-state index contributed by atoms with van der Waals surface area (Å²) in [6, 6.07) is 18.0. The smallest absolute Gasteiger partial charge is 0.314 e. The van der Waals surface area contributed by atoms with Gasteiger partial charge in [0.2, 0.25) is 5.75 Å². The Morgan fingerprint density at radius 1 is 1.06 bits per heavy atom. The number of fused-ring (bicyclic) bond motifs is 1. The first-order chi connectivity index (χ1) is 16.0. The molecule has 5 rings (SSSR count). The van der Waals surface area contributed by atoms with Gasteiger partial charge in [-0.3, -0.25) is 14.9 Å². The van der Waals surface area contributed by atoms with Crippen molar-refractivity contribution in [1.82, 2.24) is 14.7 Å². The number of amides is 1. The van der Waals surface area contributed by atoms with E-state index in [9.17, 15) is 19.3 Å². The van der Waals surface area contributed by atoms with Crippen LogP contribution in [0.25, 0.3) is 5.69 Å². The molecule has 2 heterocycles. The van der Waals surface area contributed by atoms with E-state index in [1.807, 2.05) is 36.5 Å². The molecular weight excluding hydrogens is 427 g/mol. The molecule has 1 aromatic heterocycles. The van der Waals surface area contributed by atoms with Crippen molar-refractivity contribution in [3.05, 3.63) is 112 Å². The summed E-state index contributed by atoms with van der Waals surface area (Å²) < 4.78 is 21.7. The first-order valence-electron chi connectivity index (χ1n) is 10.1.